The molecule has 3 aromatic carbocycles. The fourth-order valence-corrected chi connectivity index (χ4v) is 3.12. The van der Waals surface area contributed by atoms with Crippen molar-refractivity contribution in [3.63, 3.8) is 0 Å². The standard InChI is InChI=1S/C22H15BrN2O2/c23-16-8-5-15(6-9-16)7-14-21-24-20-4-2-1-3-19(20)22(27)25(21)17-10-12-18(26)13-11-17/h1-14,26H/b14-7-. The number of phenolic OH excluding ortho intramolecular Hbond substituents is 1. The molecule has 0 unspecified atom stereocenters. The second kappa shape index (κ2) is 7.21. The van der Waals surface area contributed by atoms with Gasteiger partial charge in [-0.15, -0.1) is 0 Å². The van der Waals surface area contributed by atoms with Gasteiger partial charge in [0.05, 0.1) is 16.6 Å². The Kier molecular flexibility index (Phi) is 4.60. The molecule has 1 heterocycles. The molecule has 5 heteroatoms. The minimum Gasteiger partial charge on any atom is -0.508 e. The van der Waals surface area contributed by atoms with E-state index in [1.807, 2.05) is 54.6 Å². The highest BCUT2D eigenvalue weighted by molar-refractivity contribution is 9.10. The lowest BCUT2D eigenvalue weighted by Crippen LogP contribution is -2.22. The number of aromatic hydroxyl groups is 1. The first kappa shape index (κ1) is 17.2. The van der Waals surface area contributed by atoms with Crippen molar-refractivity contribution in [2.24, 2.45) is 0 Å². The Hall–Kier alpha value is -3.18. The molecule has 1 aromatic heterocycles. The second-order valence-electron chi connectivity index (χ2n) is 6.03. The molecular weight excluding hydrogens is 404 g/mol. The van der Waals surface area contributed by atoms with Crippen LogP contribution in [0.2, 0.25) is 0 Å². The van der Waals surface area contributed by atoms with Crippen LogP contribution in [0.4, 0.5) is 0 Å². The molecule has 4 rings (SSSR count). The van der Waals surface area contributed by atoms with Crippen LogP contribution in [0.25, 0.3) is 28.7 Å². The van der Waals surface area contributed by atoms with Crippen molar-refractivity contribution < 1.29 is 5.11 Å². The smallest absolute Gasteiger partial charge is 0.266 e. The maximum atomic E-state index is 13.1. The number of phenols is 1. The number of hydrogen-bond acceptors (Lipinski definition) is 3. The van der Waals surface area contributed by atoms with Gasteiger partial charge < -0.3 is 5.11 Å². The summed E-state index contributed by atoms with van der Waals surface area (Å²) in [5.41, 5.74) is 2.14. The summed E-state index contributed by atoms with van der Waals surface area (Å²) in [6.45, 7) is 0. The van der Waals surface area contributed by atoms with E-state index in [-0.39, 0.29) is 11.3 Å². The summed E-state index contributed by atoms with van der Waals surface area (Å²) < 4.78 is 2.56. The minimum absolute atomic E-state index is 0.146. The van der Waals surface area contributed by atoms with Gasteiger partial charge in [0.25, 0.3) is 5.56 Å². The van der Waals surface area contributed by atoms with Crippen molar-refractivity contribution in [2.75, 3.05) is 0 Å². The van der Waals surface area contributed by atoms with Crippen LogP contribution in [0.5, 0.6) is 5.75 Å². The van der Waals surface area contributed by atoms with E-state index in [0.717, 1.165) is 10.0 Å². The Morgan fingerprint density at radius 2 is 1.59 bits per heavy atom. The van der Waals surface area contributed by atoms with E-state index in [4.69, 9.17) is 0 Å². The van der Waals surface area contributed by atoms with Crippen LogP contribution in [-0.4, -0.2) is 14.7 Å². The summed E-state index contributed by atoms with van der Waals surface area (Å²) in [6.07, 6.45) is 3.74. The fourth-order valence-electron chi connectivity index (χ4n) is 2.86. The van der Waals surface area contributed by atoms with Crippen LogP contribution in [0.15, 0.2) is 82.1 Å². The van der Waals surface area contributed by atoms with Crippen molar-refractivity contribution in [3.8, 4) is 11.4 Å². The average Bonchev–Trinajstić information content (AvgIpc) is 2.69. The van der Waals surface area contributed by atoms with Gasteiger partial charge >= 0.3 is 0 Å². The fraction of sp³-hybridized carbons (Fsp3) is 0. The zero-order chi connectivity index (χ0) is 18.8. The summed E-state index contributed by atoms with van der Waals surface area (Å²) in [7, 11) is 0. The molecule has 0 aliphatic rings. The molecule has 0 radical (unpaired) electrons. The molecule has 0 aliphatic carbocycles. The maximum Gasteiger partial charge on any atom is 0.266 e. The van der Waals surface area contributed by atoms with E-state index in [0.29, 0.717) is 22.4 Å². The van der Waals surface area contributed by atoms with E-state index < -0.39 is 0 Å². The molecule has 0 saturated carbocycles. The predicted molar refractivity (Wildman–Crippen MR) is 112 cm³/mol. The zero-order valence-electron chi connectivity index (χ0n) is 14.2. The first-order valence-electron chi connectivity index (χ1n) is 8.37. The van der Waals surface area contributed by atoms with E-state index >= 15 is 0 Å². The number of aromatic nitrogens is 2. The van der Waals surface area contributed by atoms with Crippen LogP contribution < -0.4 is 5.56 Å². The number of nitrogens with zero attached hydrogens (tertiary/aromatic N) is 2. The number of para-hydroxylation sites is 1. The van der Waals surface area contributed by atoms with Crippen molar-refractivity contribution in [1.29, 1.82) is 0 Å². The van der Waals surface area contributed by atoms with Crippen LogP contribution in [0.1, 0.15) is 11.4 Å². The first-order chi connectivity index (χ1) is 13.1. The Balaban J connectivity index is 1.92. The molecule has 0 saturated heterocycles. The van der Waals surface area contributed by atoms with Crippen LogP contribution >= 0.6 is 15.9 Å². The molecule has 132 valence electrons. The van der Waals surface area contributed by atoms with Crippen LogP contribution in [0, 0.1) is 0 Å². The van der Waals surface area contributed by atoms with Gasteiger partial charge in [0, 0.05) is 4.47 Å². The lowest BCUT2D eigenvalue weighted by Gasteiger charge is -2.11. The molecule has 0 fully saturated rings. The summed E-state index contributed by atoms with van der Waals surface area (Å²) in [5.74, 6) is 0.666. The van der Waals surface area contributed by atoms with Gasteiger partial charge in [-0.3, -0.25) is 9.36 Å². The summed E-state index contributed by atoms with van der Waals surface area (Å²) in [6, 6.07) is 21.7. The lowest BCUT2D eigenvalue weighted by atomic mass is 10.2. The SMILES string of the molecule is O=c1c2ccccc2nc(/C=C\c2ccc(Br)cc2)n1-c1ccc(O)cc1. The highest BCUT2D eigenvalue weighted by Crippen LogP contribution is 2.18. The minimum atomic E-state index is -0.151. The zero-order valence-corrected chi connectivity index (χ0v) is 15.8. The third kappa shape index (κ3) is 3.55. The summed E-state index contributed by atoms with van der Waals surface area (Å²) in [4.78, 5) is 17.8. The van der Waals surface area contributed by atoms with Crippen LogP contribution in [0.3, 0.4) is 0 Å². The molecule has 1 N–H and O–H groups in total. The Bertz CT molecular complexity index is 1190. The average molecular weight is 419 g/mol. The summed E-state index contributed by atoms with van der Waals surface area (Å²) >= 11 is 3.42. The van der Waals surface area contributed by atoms with Gasteiger partial charge in [0.2, 0.25) is 0 Å². The van der Waals surface area contributed by atoms with Gasteiger partial charge in [-0.05, 0) is 60.2 Å². The van der Waals surface area contributed by atoms with E-state index in [2.05, 4.69) is 20.9 Å². The van der Waals surface area contributed by atoms with E-state index in [1.54, 1.807) is 34.9 Å². The number of fused-ring (bicyclic) bond motifs is 1. The molecule has 0 amide bonds. The number of benzene rings is 3. The van der Waals surface area contributed by atoms with Gasteiger partial charge in [-0.1, -0.05) is 46.3 Å². The molecule has 4 aromatic rings. The topological polar surface area (TPSA) is 55.1 Å². The van der Waals surface area contributed by atoms with E-state index in [1.165, 1.54) is 0 Å². The molecule has 0 bridgehead atoms. The van der Waals surface area contributed by atoms with Crippen molar-refractivity contribution >= 4 is 39.0 Å². The van der Waals surface area contributed by atoms with E-state index in [9.17, 15) is 9.90 Å². The first-order valence-corrected chi connectivity index (χ1v) is 9.16. The number of hydrogen-bond donors (Lipinski definition) is 1. The molecule has 0 spiro atoms. The van der Waals surface area contributed by atoms with Crippen molar-refractivity contribution in [1.82, 2.24) is 9.55 Å². The van der Waals surface area contributed by atoms with Crippen LogP contribution in [-0.2, 0) is 0 Å². The number of rotatable bonds is 3. The molecule has 27 heavy (non-hydrogen) atoms. The Morgan fingerprint density at radius 1 is 0.889 bits per heavy atom. The van der Waals surface area contributed by atoms with Gasteiger partial charge in [-0.2, -0.15) is 0 Å². The largest absolute Gasteiger partial charge is 0.508 e. The van der Waals surface area contributed by atoms with Crippen molar-refractivity contribution in [2.45, 2.75) is 0 Å². The Labute approximate surface area is 164 Å². The number of halogens is 1. The van der Waals surface area contributed by atoms with Crippen molar-refractivity contribution in [3.05, 3.63) is 99.0 Å². The molecule has 0 aliphatic heterocycles. The second-order valence-corrected chi connectivity index (χ2v) is 6.94. The maximum absolute atomic E-state index is 13.1. The molecular formula is C22H15BrN2O2. The van der Waals surface area contributed by atoms with Gasteiger partial charge in [-0.25, -0.2) is 4.98 Å². The molecule has 0 atom stereocenters. The lowest BCUT2D eigenvalue weighted by molar-refractivity contribution is 0.475. The summed E-state index contributed by atoms with van der Waals surface area (Å²) in [5, 5.41) is 10.1. The predicted octanol–water partition coefficient (Wildman–Crippen LogP) is 5.02. The quantitative estimate of drug-likeness (QED) is 0.507. The highest BCUT2D eigenvalue weighted by atomic mass is 79.9. The third-order valence-corrected chi connectivity index (χ3v) is 4.73. The third-order valence-electron chi connectivity index (χ3n) is 4.20. The Morgan fingerprint density at radius 3 is 2.33 bits per heavy atom. The monoisotopic (exact) mass is 418 g/mol. The molecule has 4 nitrogen and oxygen atoms in total. The van der Waals surface area contributed by atoms with Gasteiger partial charge in [0.15, 0.2) is 0 Å². The van der Waals surface area contributed by atoms with Gasteiger partial charge in [0.1, 0.15) is 11.6 Å². The highest BCUT2D eigenvalue weighted by Gasteiger charge is 2.11. The normalized spacial score (nSPS) is 11.3.